The zero-order chi connectivity index (χ0) is 28.3. The van der Waals surface area contributed by atoms with Gasteiger partial charge in [0.25, 0.3) is 0 Å². The number of rotatable bonds is 19. The van der Waals surface area contributed by atoms with Crippen molar-refractivity contribution < 1.29 is 0 Å². The van der Waals surface area contributed by atoms with E-state index in [2.05, 4.69) is 96.9 Å². The predicted octanol–water partition coefficient (Wildman–Crippen LogP) is 13.4. The van der Waals surface area contributed by atoms with Crippen LogP contribution in [0.2, 0.25) is 0 Å². The highest BCUT2D eigenvalue weighted by molar-refractivity contribution is 4.77. The molecule has 0 amide bonds. The summed E-state index contributed by atoms with van der Waals surface area (Å²) in [6.45, 7) is 34.3. The quantitative estimate of drug-likeness (QED) is 0.153. The van der Waals surface area contributed by atoms with E-state index in [1.54, 1.807) is 0 Å². The first-order valence-electron chi connectivity index (χ1n) is 16.0. The van der Waals surface area contributed by atoms with Gasteiger partial charge in [-0.05, 0) is 96.7 Å². The first-order chi connectivity index (χ1) is 16.0. The van der Waals surface area contributed by atoms with E-state index < -0.39 is 0 Å². The average molecular weight is 507 g/mol. The van der Waals surface area contributed by atoms with Crippen LogP contribution >= 0.6 is 0 Å². The maximum atomic E-state index is 2.52. The van der Waals surface area contributed by atoms with Crippen LogP contribution in [0.25, 0.3) is 0 Å². The van der Waals surface area contributed by atoms with Crippen molar-refractivity contribution in [3.8, 4) is 0 Å². The van der Waals surface area contributed by atoms with Crippen molar-refractivity contribution in [3.05, 3.63) is 0 Å². The molecule has 0 aliphatic rings. The van der Waals surface area contributed by atoms with Gasteiger partial charge in [-0.25, -0.2) is 0 Å². The summed E-state index contributed by atoms with van der Waals surface area (Å²) in [4.78, 5) is 0. The van der Waals surface area contributed by atoms with Crippen LogP contribution < -0.4 is 0 Å². The molecule has 0 unspecified atom stereocenters. The minimum Gasteiger partial charge on any atom is -0.0602 e. The predicted molar refractivity (Wildman–Crippen MR) is 168 cm³/mol. The van der Waals surface area contributed by atoms with Crippen LogP contribution in [0.4, 0.5) is 0 Å². The molecule has 0 aliphatic heterocycles. The maximum Gasteiger partial charge on any atom is -0.0354 e. The SMILES string of the molecule is CC(C)(C)CCCC(C)(C)CCCC(C)(C)CCCCC(C)(C)CCCC(C)(C)CCCC(C)(C)C. The van der Waals surface area contributed by atoms with E-state index in [0.717, 1.165) is 0 Å². The van der Waals surface area contributed by atoms with E-state index in [-0.39, 0.29) is 0 Å². The minimum atomic E-state index is 0.481. The Bertz CT molecular complexity index is 506. The average Bonchev–Trinajstić information content (AvgIpc) is 2.62. The third kappa shape index (κ3) is 22.0. The van der Waals surface area contributed by atoms with Gasteiger partial charge in [0.15, 0.2) is 0 Å². The molecular formula is C36H74. The molecule has 0 heterocycles. The fourth-order valence-corrected chi connectivity index (χ4v) is 5.99. The van der Waals surface area contributed by atoms with Crippen molar-refractivity contribution >= 4 is 0 Å². The molecule has 0 saturated heterocycles. The van der Waals surface area contributed by atoms with Gasteiger partial charge in [-0.1, -0.05) is 135 Å². The molecule has 0 aromatic heterocycles. The van der Waals surface area contributed by atoms with Gasteiger partial charge in [-0.3, -0.25) is 0 Å². The van der Waals surface area contributed by atoms with E-state index in [1.807, 2.05) is 0 Å². The van der Waals surface area contributed by atoms with E-state index >= 15 is 0 Å². The van der Waals surface area contributed by atoms with Crippen molar-refractivity contribution in [3.63, 3.8) is 0 Å². The second-order valence-electron chi connectivity index (χ2n) is 18.4. The zero-order valence-electron chi connectivity index (χ0n) is 28.3. The standard InChI is InChI=1S/C36H74/c1-31(2,3)21-17-25-35(11,12)29-19-27-33(7,8)23-15-16-24-34(9,10)28-20-30-36(13,14)26-18-22-32(4,5)6/h15-30H2,1-14H3. The Morgan fingerprint density at radius 1 is 0.222 bits per heavy atom. The molecule has 218 valence electrons. The Hall–Kier alpha value is 0. The molecule has 0 heteroatoms. The first kappa shape index (κ1) is 36.0. The van der Waals surface area contributed by atoms with Crippen molar-refractivity contribution in [1.29, 1.82) is 0 Å². The Morgan fingerprint density at radius 2 is 0.389 bits per heavy atom. The largest absolute Gasteiger partial charge is 0.0602 e. The van der Waals surface area contributed by atoms with Gasteiger partial charge >= 0.3 is 0 Å². The highest BCUT2D eigenvalue weighted by Crippen LogP contribution is 2.39. The molecule has 0 radical (unpaired) electrons. The maximum absolute atomic E-state index is 2.52. The van der Waals surface area contributed by atoms with Crippen LogP contribution in [0.1, 0.15) is 200 Å². The monoisotopic (exact) mass is 507 g/mol. The lowest BCUT2D eigenvalue weighted by molar-refractivity contribution is 0.213. The lowest BCUT2D eigenvalue weighted by Gasteiger charge is -2.31. The molecule has 0 rings (SSSR count). The molecule has 0 spiro atoms. The Morgan fingerprint density at radius 3 is 0.583 bits per heavy atom. The molecule has 0 aliphatic carbocycles. The van der Waals surface area contributed by atoms with Gasteiger partial charge in [-0.15, -0.1) is 0 Å². The summed E-state index contributed by atoms with van der Waals surface area (Å²) in [5.74, 6) is 0. The van der Waals surface area contributed by atoms with Gasteiger partial charge in [-0.2, -0.15) is 0 Å². The summed E-state index contributed by atoms with van der Waals surface area (Å²) in [5, 5.41) is 0. The minimum absolute atomic E-state index is 0.481. The summed E-state index contributed by atoms with van der Waals surface area (Å²) in [6.07, 6.45) is 22.2. The third-order valence-corrected chi connectivity index (χ3v) is 8.93. The summed E-state index contributed by atoms with van der Waals surface area (Å²) in [6, 6.07) is 0. The van der Waals surface area contributed by atoms with Crippen molar-refractivity contribution in [2.24, 2.45) is 32.5 Å². The second kappa shape index (κ2) is 15.0. The van der Waals surface area contributed by atoms with Crippen LogP contribution in [-0.4, -0.2) is 0 Å². The van der Waals surface area contributed by atoms with E-state index in [4.69, 9.17) is 0 Å². The molecule has 0 bridgehead atoms. The topological polar surface area (TPSA) is 0 Å². The van der Waals surface area contributed by atoms with Crippen LogP contribution in [0, 0.1) is 32.5 Å². The molecule has 36 heavy (non-hydrogen) atoms. The van der Waals surface area contributed by atoms with Crippen LogP contribution in [0.5, 0.6) is 0 Å². The van der Waals surface area contributed by atoms with Crippen molar-refractivity contribution in [2.45, 2.75) is 200 Å². The van der Waals surface area contributed by atoms with Gasteiger partial charge in [0.1, 0.15) is 0 Å². The summed E-state index contributed by atoms with van der Waals surface area (Å²) >= 11 is 0. The molecule has 0 aromatic rings. The number of unbranched alkanes of at least 4 members (excludes halogenated alkanes) is 1. The lowest BCUT2D eigenvalue weighted by Crippen LogP contribution is -2.17. The fraction of sp³-hybridized carbons (Fsp3) is 1.00. The Labute approximate surface area is 232 Å². The summed E-state index contributed by atoms with van der Waals surface area (Å²) < 4.78 is 0. The zero-order valence-corrected chi connectivity index (χ0v) is 28.3. The fourth-order valence-electron chi connectivity index (χ4n) is 5.99. The summed E-state index contributed by atoms with van der Waals surface area (Å²) in [7, 11) is 0. The summed E-state index contributed by atoms with van der Waals surface area (Å²) in [5.41, 5.74) is 2.98. The molecule has 0 nitrogen and oxygen atoms in total. The van der Waals surface area contributed by atoms with Crippen molar-refractivity contribution in [2.75, 3.05) is 0 Å². The third-order valence-electron chi connectivity index (χ3n) is 8.93. The van der Waals surface area contributed by atoms with Crippen LogP contribution in [0.15, 0.2) is 0 Å². The molecule has 0 saturated carbocycles. The Kier molecular flexibility index (Phi) is 15.0. The highest BCUT2D eigenvalue weighted by Gasteiger charge is 2.25. The first-order valence-corrected chi connectivity index (χ1v) is 16.0. The van der Waals surface area contributed by atoms with E-state index in [1.165, 1.54) is 103 Å². The number of hydrogen-bond donors (Lipinski definition) is 0. The smallest absolute Gasteiger partial charge is 0.0354 e. The Balaban J connectivity index is 4.15. The van der Waals surface area contributed by atoms with Gasteiger partial charge in [0.05, 0.1) is 0 Å². The molecule has 0 N–H and O–H groups in total. The van der Waals surface area contributed by atoms with Crippen LogP contribution in [-0.2, 0) is 0 Å². The molecular weight excluding hydrogens is 432 g/mol. The van der Waals surface area contributed by atoms with E-state index in [9.17, 15) is 0 Å². The van der Waals surface area contributed by atoms with Crippen molar-refractivity contribution in [1.82, 2.24) is 0 Å². The highest BCUT2D eigenvalue weighted by atomic mass is 14.3. The van der Waals surface area contributed by atoms with Crippen LogP contribution in [0.3, 0.4) is 0 Å². The second-order valence-corrected chi connectivity index (χ2v) is 18.4. The normalized spacial score (nSPS) is 14.5. The molecule has 0 atom stereocenters. The molecule has 0 fully saturated rings. The number of hydrogen-bond acceptors (Lipinski definition) is 0. The van der Waals surface area contributed by atoms with Gasteiger partial charge in [0.2, 0.25) is 0 Å². The van der Waals surface area contributed by atoms with E-state index in [0.29, 0.717) is 32.5 Å². The lowest BCUT2D eigenvalue weighted by atomic mass is 9.75. The van der Waals surface area contributed by atoms with Gasteiger partial charge < -0.3 is 0 Å². The van der Waals surface area contributed by atoms with Gasteiger partial charge in [0, 0.05) is 0 Å². The molecule has 0 aromatic carbocycles.